The summed E-state index contributed by atoms with van der Waals surface area (Å²) in [4.78, 5) is 24.2. The molecule has 0 saturated carbocycles. The second kappa shape index (κ2) is 9.11. The Labute approximate surface area is 189 Å². The van der Waals surface area contributed by atoms with Crippen LogP contribution in [0.25, 0.3) is 22.3 Å². The van der Waals surface area contributed by atoms with Crippen molar-refractivity contribution in [1.29, 1.82) is 0 Å². The van der Waals surface area contributed by atoms with E-state index in [0.717, 1.165) is 27.5 Å². The van der Waals surface area contributed by atoms with E-state index < -0.39 is 0 Å². The summed E-state index contributed by atoms with van der Waals surface area (Å²) in [5.74, 6) is 0.717. The molecule has 0 unspecified atom stereocenters. The molecule has 5 rings (SSSR count). The summed E-state index contributed by atoms with van der Waals surface area (Å²) >= 11 is 1.60. The number of imidazole rings is 1. The lowest BCUT2D eigenvalue weighted by molar-refractivity contribution is 0.813. The van der Waals surface area contributed by atoms with Gasteiger partial charge in [0.1, 0.15) is 22.6 Å². The van der Waals surface area contributed by atoms with Crippen molar-refractivity contribution in [3.8, 4) is 11.1 Å². The zero-order chi connectivity index (χ0) is 21.8. The fourth-order valence-corrected chi connectivity index (χ4v) is 4.52. The van der Waals surface area contributed by atoms with E-state index in [9.17, 15) is 4.91 Å². The van der Waals surface area contributed by atoms with Gasteiger partial charge in [-0.05, 0) is 39.6 Å². The summed E-state index contributed by atoms with van der Waals surface area (Å²) in [5.41, 5.74) is 6.71. The molecular weight excluding hydrogens is 418 g/mol. The first-order valence-electron chi connectivity index (χ1n) is 10.2. The molecule has 0 atom stereocenters. The van der Waals surface area contributed by atoms with Gasteiger partial charge in [-0.25, -0.2) is 15.0 Å². The van der Waals surface area contributed by atoms with Crippen LogP contribution in [0.15, 0.2) is 102 Å². The van der Waals surface area contributed by atoms with Gasteiger partial charge in [0.15, 0.2) is 5.65 Å². The fourth-order valence-electron chi connectivity index (χ4n) is 3.63. The Hall–Kier alpha value is -3.84. The highest BCUT2D eigenvalue weighted by atomic mass is 32.2. The van der Waals surface area contributed by atoms with E-state index in [2.05, 4.69) is 73.2 Å². The Balaban J connectivity index is 1.41. The van der Waals surface area contributed by atoms with Crippen LogP contribution in [0.4, 0.5) is 5.69 Å². The molecule has 0 N–H and O–H groups in total. The van der Waals surface area contributed by atoms with Gasteiger partial charge in [-0.1, -0.05) is 78.5 Å². The zero-order valence-electron chi connectivity index (χ0n) is 17.1. The van der Waals surface area contributed by atoms with Crippen LogP contribution in [0.1, 0.15) is 11.1 Å². The molecule has 0 aliphatic rings. The molecule has 0 saturated heterocycles. The number of hydrogen-bond acceptors (Lipinski definition) is 6. The second-order valence-electron chi connectivity index (χ2n) is 7.29. The van der Waals surface area contributed by atoms with Crippen LogP contribution in [0.5, 0.6) is 0 Å². The summed E-state index contributed by atoms with van der Waals surface area (Å²) < 4.78 is 2.06. The number of fused-ring (bicyclic) bond motifs is 1. The van der Waals surface area contributed by atoms with Crippen molar-refractivity contribution in [2.24, 2.45) is 5.18 Å². The average molecular weight is 438 g/mol. The maximum Gasteiger partial charge on any atom is 0.164 e. The number of benzene rings is 3. The molecule has 0 bridgehead atoms. The van der Waals surface area contributed by atoms with E-state index >= 15 is 0 Å². The van der Waals surface area contributed by atoms with Crippen LogP contribution in [0.2, 0.25) is 0 Å². The molecule has 7 heteroatoms. The highest BCUT2D eigenvalue weighted by molar-refractivity contribution is 7.98. The molecule has 32 heavy (non-hydrogen) atoms. The average Bonchev–Trinajstić information content (AvgIpc) is 3.27. The quantitative estimate of drug-likeness (QED) is 0.171. The minimum atomic E-state index is 0.428. The maximum absolute atomic E-state index is 10.6. The standard InChI is InChI=1S/C25H19N5OS/c31-29-21-12-10-18(11-13-21)15-32-25-23-24(26-16-27-25)30(17-28-23)14-20-8-4-5-9-22(20)19-6-2-1-3-7-19/h1-13,16-17H,14-15H2. The maximum atomic E-state index is 10.6. The van der Waals surface area contributed by atoms with E-state index in [4.69, 9.17) is 0 Å². The van der Waals surface area contributed by atoms with Crippen LogP contribution < -0.4 is 0 Å². The van der Waals surface area contributed by atoms with Gasteiger partial charge in [0.25, 0.3) is 0 Å². The highest BCUT2D eigenvalue weighted by Crippen LogP contribution is 2.29. The molecule has 0 aliphatic heterocycles. The Kier molecular flexibility index (Phi) is 5.72. The van der Waals surface area contributed by atoms with Gasteiger partial charge in [-0.15, -0.1) is 4.91 Å². The molecular formula is C25H19N5OS. The van der Waals surface area contributed by atoms with Crippen molar-refractivity contribution in [3.05, 3.63) is 108 Å². The lowest BCUT2D eigenvalue weighted by Crippen LogP contribution is -2.01. The van der Waals surface area contributed by atoms with Gasteiger partial charge in [0.2, 0.25) is 0 Å². The van der Waals surface area contributed by atoms with Crippen molar-refractivity contribution >= 4 is 28.6 Å². The predicted molar refractivity (Wildman–Crippen MR) is 128 cm³/mol. The molecule has 5 aromatic rings. The summed E-state index contributed by atoms with van der Waals surface area (Å²) in [7, 11) is 0. The molecule has 0 spiro atoms. The van der Waals surface area contributed by atoms with Crippen molar-refractivity contribution in [3.63, 3.8) is 0 Å². The first-order chi connectivity index (χ1) is 15.8. The van der Waals surface area contributed by atoms with Gasteiger partial charge in [0.05, 0.1) is 12.9 Å². The number of hydrogen-bond donors (Lipinski definition) is 0. The topological polar surface area (TPSA) is 73.0 Å². The molecule has 0 fully saturated rings. The fraction of sp³-hybridized carbons (Fsp3) is 0.0800. The molecule has 0 radical (unpaired) electrons. The number of nitroso groups, excluding NO2 is 1. The van der Waals surface area contributed by atoms with Gasteiger partial charge in [-0.2, -0.15) is 0 Å². The number of nitrogens with zero attached hydrogens (tertiary/aromatic N) is 5. The number of rotatable bonds is 7. The summed E-state index contributed by atoms with van der Waals surface area (Å²) in [6.45, 7) is 0.669. The smallest absolute Gasteiger partial charge is 0.164 e. The Morgan fingerprint density at radius 3 is 2.44 bits per heavy atom. The Morgan fingerprint density at radius 1 is 0.844 bits per heavy atom. The molecule has 6 nitrogen and oxygen atoms in total. The number of thioether (sulfide) groups is 1. The third-order valence-electron chi connectivity index (χ3n) is 5.23. The first-order valence-corrected chi connectivity index (χ1v) is 11.1. The van der Waals surface area contributed by atoms with Gasteiger partial charge in [-0.3, -0.25) is 0 Å². The van der Waals surface area contributed by atoms with Crippen LogP contribution in [0, 0.1) is 4.91 Å². The lowest BCUT2D eigenvalue weighted by atomic mass is 10.00. The summed E-state index contributed by atoms with van der Waals surface area (Å²) in [6, 6.07) is 26.0. The van der Waals surface area contributed by atoms with Crippen molar-refractivity contribution in [2.45, 2.75) is 17.3 Å². The minimum Gasteiger partial charge on any atom is -0.311 e. The van der Waals surface area contributed by atoms with Gasteiger partial charge in [0, 0.05) is 5.75 Å². The predicted octanol–water partition coefficient (Wildman–Crippen LogP) is 6.23. The van der Waals surface area contributed by atoms with Gasteiger partial charge >= 0.3 is 0 Å². The second-order valence-corrected chi connectivity index (χ2v) is 8.26. The normalized spacial score (nSPS) is 11.0. The zero-order valence-corrected chi connectivity index (χ0v) is 17.9. The van der Waals surface area contributed by atoms with Crippen LogP contribution in [0.3, 0.4) is 0 Å². The van der Waals surface area contributed by atoms with Crippen molar-refractivity contribution in [1.82, 2.24) is 19.5 Å². The molecule has 0 aliphatic carbocycles. The van der Waals surface area contributed by atoms with Crippen LogP contribution >= 0.6 is 11.8 Å². The SMILES string of the molecule is O=Nc1ccc(CSc2ncnc3c2ncn3Cc2ccccc2-c2ccccc2)cc1. The summed E-state index contributed by atoms with van der Waals surface area (Å²) in [5, 5.41) is 3.78. The molecule has 0 amide bonds. The Bertz CT molecular complexity index is 1370. The van der Waals surface area contributed by atoms with Crippen molar-refractivity contribution < 1.29 is 0 Å². The van der Waals surface area contributed by atoms with E-state index in [1.807, 2.05) is 24.5 Å². The van der Waals surface area contributed by atoms with E-state index in [1.165, 1.54) is 16.7 Å². The molecule has 2 aromatic heterocycles. The van der Waals surface area contributed by atoms with E-state index in [-0.39, 0.29) is 0 Å². The molecule has 2 heterocycles. The molecule has 156 valence electrons. The minimum absolute atomic E-state index is 0.428. The third kappa shape index (κ3) is 4.15. The lowest BCUT2D eigenvalue weighted by Gasteiger charge is -2.11. The van der Waals surface area contributed by atoms with E-state index in [0.29, 0.717) is 12.2 Å². The first kappa shape index (κ1) is 20.1. The largest absolute Gasteiger partial charge is 0.311 e. The summed E-state index contributed by atoms with van der Waals surface area (Å²) in [6.07, 6.45) is 3.42. The van der Waals surface area contributed by atoms with E-state index in [1.54, 1.807) is 30.2 Å². The highest BCUT2D eigenvalue weighted by Gasteiger charge is 2.13. The number of aromatic nitrogens is 4. The molecule has 3 aromatic carbocycles. The Morgan fingerprint density at radius 2 is 1.62 bits per heavy atom. The third-order valence-corrected chi connectivity index (χ3v) is 6.28. The van der Waals surface area contributed by atoms with Crippen LogP contribution in [-0.4, -0.2) is 19.5 Å². The van der Waals surface area contributed by atoms with Crippen molar-refractivity contribution in [2.75, 3.05) is 0 Å². The monoisotopic (exact) mass is 437 g/mol. The van der Waals surface area contributed by atoms with Crippen LogP contribution in [-0.2, 0) is 12.3 Å². The van der Waals surface area contributed by atoms with Gasteiger partial charge < -0.3 is 4.57 Å².